The summed E-state index contributed by atoms with van der Waals surface area (Å²) < 4.78 is 21.8. The average Bonchev–Trinajstić information content (AvgIpc) is 3.44. The molecule has 2 aromatic carbocycles. The van der Waals surface area contributed by atoms with Crippen molar-refractivity contribution >= 4 is 11.8 Å². The highest BCUT2D eigenvalue weighted by Crippen LogP contribution is 2.44. The summed E-state index contributed by atoms with van der Waals surface area (Å²) in [6.45, 7) is 3.91. The molecule has 0 bridgehead atoms. The van der Waals surface area contributed by atoms with Gasteiger partial charge in [0.05, 0.1) is 17.9 Å². The van der Waals surface area contributed by atoms with Gasteiger partial charge in [0.1, 0.15) is 17.3 Å². The smallest absolute Gasteiger partial charge is 0.412 e. The molecule has 172 valence electrons. The van der Waals surface area contributed by atoms with Gasteiger partial charge in [-0.2, -0.15) is 5.10 Å². The number of halogens is 1. The Morgan fingerprint density at radius 3 is 2.67 bits per heavy atom. The molecular weight excluding hydrogens is 423 g/mol. The molecule has 1 aromatic heterocycles. The van der Waals surface area contributed by atoms with E-state index in [9.17, 15) is 14.3 Å². The van der Waals surface area contributed by atoms with Crippen LogP contribution >= 0.6 is 0 Å². The van der Waals surface area contributed by atoms with Gasteiger partial charge < -0.3 is 14.7 Å². The topological polar surface area (TPSA) is 70.8 Å². The van der Waals surface area contributed by atoms with Gasteiger partial charge in [0.15, 0.2) is 0 Å². The number of carboxylic acid groups (broad SMARTS) is 1. The van der Waals surface area contributed by atoms with Gasteiger partial charge in [0.2, 0.25) is 0 Å². The molecule has 8 heteroatoms. The van der Waals surface area contributed by atoms with Crippen LogP contribution in [-0.4, -0.2) is 52.1 Å². The largest absolute Gasteiger partial charge is 0.465 e. The fraction of sp³-hybridized carbons (Fsp3) is 0.360. The zero-order valence-electron chi connectivity index (χ0n) is 18.7. The molecular formula is C25H27FN4O3. The van der Waals surface area contributed by atoms with Gasteiger partial charge in [-0.05, 0) is 76.2 Å². The van der Waals surface area contributed by atoms with Crippen molar-refractivity contribution in [2.24, 2.45) is 0 Å². The molecule has 1 fully saturated rings. The molecule has 1 unspecified atom stereocenters. The molecule has 2 aliphatic rings. The van der Waals surface area contributed by atoms with Gasteiger partial charge in [0, 0.05) is 35.5 Å². The van der Waals surface area contributed by atoms with Crippen LogP contribution in [-0.2, 0) is 6.42 Å². The van der Waals surface area contributed by atoms with Gasteiger partial charge in [-0.15, -0.1) is 0 Å². The quantitative estimate of drug-likeness (QED) is 0.593. The first-order chi connectivity index (χ1) is 15.9. The SMILES string of the molecule is C[C@H]1CCc2c(ccc(-c3cnn(C4CCN(C)C4)c3)c2Oc2ccc(F)cc2)N1C(=O)O. The lowest BCUT2D eigenvalue weighted by atomic mass is 9.92. The third-order valence-corrected chi connectivity index (χ3v) is 6.64. The zero-order chi connectivity index (χ0) is 23.1. The zero-order valence-corrected chi connectivity index (χ0v) is 18.7. The van der Waals surface area contributed by atoms with Crippen molar-refractivity contribution in [3.63, 3.8) is 0 Å². The lowest BCUT2D eigenvalue weighted by molar-refractivity contribution is 0.198. The Kier molecular flexibility index (Phi) is 5.54. The van der Waals surface area contributed by atoms with Crippen LogP contribution in [0, 0.1) is 5.82 Å². The van der Waals surface area contributed by atoms with Crippen LogP contribution in [0.2, 0.25) is 0 Å². The summed E-state index contributed by atoms with van der Waals surface area (Å²) in [6, 6.07) is 9.82. The lowest BCUT2D eigenvalue weighted by Gasteiger charge is -2.34. The lowest BCUT2D eigenvalue weighted by Crippen LogP contribution is -2.41. The Balaban J connectivity index is 1.59. The van der Waals surface area contributed by atoms with Crippen molar-refractivity contribution < 1.29 is 19.0 Å². The number of ether oxygens (including phenoxy) is 1. The van der Waals surface area contributed by atoms with E-state index in [2.05, 4.69) is 17.0 Å². The fourth-order valence-corrected chi connectivity index (χ4v) is 4.86. The molecule has 1 saturated heterocycles. The number of likely N-dealkylation sites (N-methyl/N-ethyl adjacent to an activating group) is 1. The summed E-state index contributed by atoms with van der Waals surface area (Å²) in [7, 11) is 2.11. The molecule has 7 nitrogen and oxygen atoms in total. The number of benzene rings is 2. The Labute approximate surface area is 192 Å². The van der Waals surface area contributed by atoms with Crippen LogP contribution in [0.5, 0.6) is 11.5 Å². The van der Waals surface area contributed by atoms with E-state index in [0.29, 0.717) is 36.1 Å². The van der Waals surface area contributed by atoms with Gasteiger partial charge in [-0.25, -0.2) is 9.18 Å². The van der Waals surface area contributed by atoms with Gasteiger partial charge in [-0.3, -0.25) is 9.58 Å². The van der Waals surface area contributed by atoms with Crippen LogP contribution in [0.3, 0.4) is 0 Å². The van der Waals surface area contributed by atoms with E-state index in [4.69, 9.17) is 4.74 Å². The second-order valence-electron chi connectivity index (χ2n) is 8.95. The number of anilines is 1. The Morgan fingerprint density at radius 2 is 1.97 bits per heavy atom. The van der Waals surface area contributed by atoms with Crippen LogP contribution in [0.1, 0.15) is 31.4 Å². The normalized spacial score (nSPS) is 20.6. The van der Waals surface area contributed by atoms with Gasteiger partial charge >= 0.3 is 6.09 Å². The van der Waals surface area contributed by atoms with Crippen LogP contribution in [0.15, 0.2) is 48.8 Å². The molecule has 1 amide bonds. The van der Waals surface area contributed by atoms with Crippen LogP contribution < -0.4 is 9.64 Å². The standard InChI is InChI=1S/C25H27FN4O3/c1-16-3-8-22-23(30(16)25(31)32)10-9-21(24(22)33-20-6-4-18(26)5-7-20)17-13-27-29(14-17)19-11-12-28(2)15-19/h4-7,9-10,13-14,16,19H,3,8,11-12,15H2,1-2H3,(H,31,32)/t16-,19?/m0/s1. The number of nitrogens with zero attached hydrogens (tertiary/aromatic N) is 4. The third-order valence-electron chi connectivity index (χ3n) is 6.64. The predicted molar refractivity (Wildman–Crippen MR) is 124 cm³/mol. The number of hydrogen-bond donors (Lipinski definition) is 1. The average molecular weight is 451 g/mol. The van der Waals surface area contributed by atoms with Crippen LogP contribution in [0.4, 0.5) is 14.9 Å². The molecule has 0 radical (unpaired) electrons. The summed E-state index contributed by atoms with van der Waals surface area (Å²) in [5, 5.41) is 14.4. The molecule has 0 saturated carbocycles. The molecule has 0 aliphatic carbocycles. The minimum absolute atomic E-state index is 0.123. The maximum absolute atomic E-state index is 13.5. The van der Waals surface area contributed by atoms with Crippen molar-refractivity contribution in [2.75, 3.05) is 25.0 Å². The maximum Gasteiger partial charge on any atom is 0.412 e. The molecule has 2 aliphatic heterocycles. The number of carbonyl (C=O) groups is 1. The molecule has 0 spiro atoms. The monoisotopic (exact) mass is 450 g/mol. The predicted octanol–water partition coefficient (Wildman–Crippen LogP) is 5.18. The van der Waals surface area contributed by atoms with Gasteiger partial charge in [0.25, 0.3) is 0 Å². The van der Waals surface area contributed by atoms with Crippen LogP contribution in [0.25, 0.3) is 11.1 Å². The summed E-state index contributed by atoms with van der Waals surface area (Å²) in [5.74, 6) is 0.753. The molecule has 2 atom stereocenters. The molecule has 33 heavy (non-hydrogen) atoms. The highest BCUT2D eigenvalue weighted by Gasteiger charge is 2.32. The molecule has 5 rings (SSSR count). The summed E-state index contributed by atoms with van der Waals surface area (Å²) in [6.07, 6.45) is 5.30. The van der Waals surface area contributed by atoms with E-state index in [1.54, 1.807) is 12.1 Å². The number of hydrogen-bond acceptors (Lipinski definition) is 4. The Morgan fingerprint density at radius 1 is 1.18 bits per heavy atom. The Hall–Kier alpha value is -3.39. The second kappa shape index (κ2) is 8.51. The Bertz CT molecular complexity index is 1180. The number of amides is 1. The minimum Gasteiger partial charge on any atom is -0.465 e. The van der Waals surface area contributed by atoms with E-state index >= 15 is 0 Å². The molecule has 3 heterocycles. The van der Waals surface area contributed by atoms with E-state index in [-0.39, 0.29) is 11.9 Å². The molecule has 1 N–H and O–H groups in total. The summed E-state index contributed by atoms with van der Waals surface area (Å²) >= 11 is 0. The number of aromatic nitrogens is 2. The highest BCUT2D eigenvalue weighted by atomic mass is 19.1. The summed E-state index contributed by atoms with van der Waals surface area (Å²) in [5.41, 5.74) is 3.22. The number of likely N-dealkylation sites (tertiary alicyclic amines) is 1. The number of rotatable bonds is 4. The van der Waals surface area contributed by atoms with E-state index in [1.807, 2.05) is 36.1 Å². The fourth-order valence-electron chi connectivity index (χ4n) is 4.86. The first-order valence-electron chi connectivity index (χ1n) is 11.2. The first-order valence-corrected chi connectivity index (χ1v) is 11.2. The highest BCUT2D eigenvalue weighted by molar-refractivity contribution is 5.91. The van der Waals surface area contributed by atoms with Crippen molar-refractivity contribution in [1.82, 2.24) is 14.7 Å². The van der Waals surface area contributed by atoms with Gasteiger partial charge in [-0.1, -0.05) is 0 Å². The van der Waals surface area contributed by atoms with Crippen molar-refractivity contribution in [1.29, 1.82) is 0 Å². The summed E-state index contributed by atoms with van der Waals surface area (Å²) in [4.78, 5) is 15.7. The third kappa shape index (κ3) is 4.06. The van der Waals surface area contributed by atoms with E-state index in [0.717, 1.165) is 36.2 Å². The van der Waals surface area contributed by atoms with Crippen molar-refractivity contribution in [3.05, 3.63) is 60.2 Å². The second-order valence-corrected chi connectivity index (χ2v) is 8.95. The van der Waals surface area contributed by atoms with E-state index < -0.39 is 6.09 Å². The molecule has 3 aromatic rings. The van der Waals surface area contributed by atoms with Crippen molar-refractivity contribution in [3.8, 4) is 22.6 Å². The van der Waals surface area contributed by atoms with Crippen molar-refractivity contribution in [2.45, 2.75) is 38.3 Å². The number of fused-ring (bicyclic) bond motifs is 1. The van der Waals surface area contributed by atoms with E-state index in [1.165, 1.54) is 17.0 Å². The first kappa shape index (κ1) is 21.5. The maximum atomic E-state index is 13.5. The minimum atomic E-state index is -0.984.